The number of benzene rings is 1. The molecule has 0 bridgehead atoms. The van der Waals surface area contributed by atoms with Gasteiger partial charge < -0.3 is 14.2 Å². The Morgan fingerprint density at radius 1 is 1.25 bits per heavy atom. The molecule has 0 amide bonds. The monoisotopic (exact) mass is 272 g/mol. The van der Waals surface area contributed by atoms with E-state index in [-0.39, 0.29) is 18.7 Å². The van der Waals surface area contributed by atoms with Gasteiger partial charge in [-0.25, -0.2) is 0 Å². The Kier molecular flexibility index (Phi) is 2.26. The molecule has 1 aromatic heterocycles. The molecule has 20 heavy (non-hydrogen) atoms. The lowest BCUT2D eigenvalue weighted by Crippen LogP contribution is -2.22. The van der Waals surface area contributed by atoms with Crippen LogP contribution in [-0.2, 0) is 11.8 Å². The molecule has 6 heteroatoms. The van der Waals surface area contributed by atoms with Gasteiger partial charge in [-0.2, -0.15) is 5.10 Å². The summed E-state index contributed by atoms with van der Waals surface area (Å²) >= 11 is 0. The first-order valence-corrected chi connectivity index (χ1v) is 6.34. The van der Waals surface area contributed by atoms with Crippen LogP contribution in [0.25, 0.3) is 0 Å². The average molecular weight is 272 g/mol. The maximum Gasteiger partial charge on any atom is 0.312 e. The van der Waals surface area contributed by atoms with Crippen molar-refractivity contribution in [3.63, 3.8) is 0 Å². The van der Waals surface area contributed by atoms with Gasteiger partial charge in [0.15, 0.2) is 11.5 Å². The molecule has 0 N–H and O–H groups in total. The fourth-order valence-electron chi connectivity index (χ4n) is 2.73. The molecule has 1 atom stereocenters. The number of carbonyl (C=O) groups is 1. The Morgan fingerprint density at radius 2 is 2.05 bits per heavy atom. The highest BCUT2D eigenvalue weighted by Gasteiger charge is 2.32. The Hall–Kier alpha value is -2.50. The van der Waals surface area contributed by atoms with Gasteiger partial charge >= 0.3 is 5.97 Å². The minimum atomic E-state index is -0.248. The van der Waals surface area contributed by atoms with Crippen molar-refractivity contribution < 1.29 is 19.0 Å². The molecular weight excluding hydrogens is 260 g/mol. The fraction of sp³-hybridized carbons (Fsp3) is 0.286. The van der Waals surface area contributed by atoms with Crippen molar-refractivity contribution in [1.82, 2.24) is 9.78 Å². The zero-order valence-electron chi connectivity index (χ0n) is 10.8. The highest BCUT2D eigenvalue weighted by molar-refractivity contribution is 5.78. The molecule has 1 aromatic carbocycles. The second kappa shape index (κ2) is 4.00. The van der Waals surface area contributed by atoms with Gasteiger partial charge in [-0.15, -0.1) is 0 Å². The maximum atomic E-state index is 11.8. The second-order valence-electron chi connectivity index (χ2n) is 4.85. The van der Waals surface area contributed by atoms with E-state index in [0.717, 1.165) is 11.3 Å². The number of ether oxygens (including phenoxy) is 3. The average Bonchev–Trinajstić information content (AvgIpc) is 3.03. The molecule has 0 aliphatic carbocycles. The van der Waals surface area contributed by atoms with Crippen LogP contribution in [0, 0.1) is 0 Å². The summed E-state index contributed by atoms with van der Waals surface area (Å²) in [5.74, 6) is 1.52. The summed E-state index contributed by atoms with van der Waals surface area (Å²) in [5.41, 5.74) is 1.90. The van der Waals surface area contributed by atoms with E-state index in [2.05, 4.69) is 5.10 Å². The molecule has 6 nitrogen and oxygen atoms in total. The van der Waals surface area contributed by atoms with Crippen LogP contribution in [0.3, 0.4) is 0 Å². The van der Waals surface area contributed by atoms with Crippen molar-refractivity contribution >= 4 is 5.97 Å². The number of rotatable bonds is 1. The molecule has 0 fully saturated rings. The van der Waals surface area contributed by atoms with E-state index in [1.54, 1.807) is 16.9 Å². The molecule has 0 spiro atoms. The van der Waals surface area contributed by atoms with Gasteiger partial charge in [0.2, 0.25) is 6.79 Å². The van der Waals surface area contributed by atoms with Crippen molar-refractivity contribution in [2.24, 2.45) is 7.05 Å². The Morgan fingerprint density at radius 3 is 2.80 bits per heavy atom. The summed E-state index contributed by atoms with van der Waals surface area (Å²) < 4.78 is 17.8. The quantitative estimate of drug-likeness (QED) is 0.582. The van der Waals surface area contributed by atoms with Crippen LogP contribution in [0.15, 0.2) is 24.4 Å². The first-order chi connectivity index (χ1) is 9.72. The summed E-state index contributed by atoms with van der Waals surface area (Å²) in [5, 5.41) is 4.17. The van der Waals surface area contributed by atoms with Gasteiger partial charge in [0.05, 0.1) is 6.42 Å². The number of aryl methyl sites for hydroxylation is 1. The number of nitrogens with zero attached hydrogens (tertiary/aromatic N) is 2. The minimum absolute atomic E-state index is 0.0757. The Labute approximate surface area is 114 Å². The van der Waals surface area contributed by atoms with Gasteiger partial charge in [0.1, 0.15) is 5.75 Å². The van der Waals surface area contributed by atoms with E-state index < -0.39 is 0 Å². The zero-order chi connectivity index (χ0) is 13.7. The van der Waals surface area contributed by atoms with Gasteiger partial charge in [0, 0.05) is 36.5 Å². The van der Waals surface area contributed by atoms with Crippen molar-refractivity contribution in [3.8, 4) is 17.2 Å². The molecule has 4 rings (SSSR count). The normalized spacial score (nSPS) is 19.6. The highest BCUT2D eigenvalue weighted by Crippen LogP contribution is 2.45. The molecule has 3 heterocycles. The predicted octanol–water partition coefficient (Wildman–Crippen LogP) is 1.59. The van der Waals surface area contributed by atoms with Gasteiger partial charge in [-0.05, 0) is 12.1 Å². The molecule has 2 aromatic rings. The third-order valence-electron chi connectivity index (χ3n) is 3.69. The summed E-state index contributed by atoms with van der Waals surface area (Å²) in [6.45, 7) is 0.197. The molecule has 0 unspecified atom stereocenters. The standard InChI is InChI=1S/C14H12N2O4/c1-16-10(2-3-15-16)8-5-14(17)20-11-6-13-12(4-9(8)11)18-7-19-13/h2-4,6,8H,5,7H2,1H3/t8-/m1/s1. The molecule has 0 radical (unpaired) electrons. The number of hydrogen-bond donors (Lipinski definition) is 0. The smallest absolute Gasteiger partial charge is 0.312 e. The van der Waals surface area contributed by atoms with Gasteiger partial charge in [-0.3, -0.25) is 9.48 Å². The highest BCUT2D eigenvalue weighted by atomic mass is 16.7. The molecule has 2 aliphatic heterocycles. The molecule has 0 saturated heterocycles. The van der Waals surface area contributed by atoms with E-state index in [0.29, 0.717) is 23.7 Å². The fourth-order valence-corrected chi connectivity index (χ4v) is 2.73. The van der Waals surface area contributed by atoms with Gasteiger partial charge in [-0.1, -0.05) is 0 Å². The number of esters is 1. The minimum Gasteiger partial charge on any atom is -0.454 e. The Balaban J connectivity index is 1.88. The largest absolute Gasteiger partial charge is 0.454 e. The molecular formula is C14H12N2O4. The lowest BCUT2D eigenvalue weighted by Gasteiger charge is -2.24. The molecule has 102 valence electrons. The van der Waals surface area contributed by atoms with Crippen molar-refractivity contribution in [1.29, 1.82) is 0 Å². The van der Waals surface area contributed by atoms with Crippen LogP contribution in [0.1, 0.15) is 23.6 Å². The first-order valence-electron chi connectivity index (χ1n) is 6.34. The van der Waals surface area contributed by atoms with Crippen LogP contribution in [-0.4, -0.2) is 22.5 Å². The number of hydrogen-bond acceptors (Lipinski definition) is 5. The maximum absolute atomic E-state index is 11.8. The first kappa shape index (κ1) is 11.3. The SMILES string of the molecule is Cn1nccc1[C@@H]1CC(=O)Oc2cc3c(cc21)OCO3. The second-order valence-corrected chi connectivity index (χ2v) is 4.85. The Bertz CT molecular complexity index is 707. The number of aromatic nitrogens is 2. The van der Waals surface area contributed by atoms with E-state index in [1.807, 2.05) is 19.2 Å². The summed E-state index contributed by atoms with van der Waals surface area (Å²) in [6, 6.07) is 5.53. The summed E-state index contributed by atoms with van der Waals surface area (Å²) in [7, 11) is 1.86. The van der Waals surface area contributed by atoms with Crippen LogP contribution >= 0.6 is 0 Å². The molecule has 2 aliphatic rings. The number of fused-ring (bicyclic) bond motifs is 2. The number of carbonyl (C=O) groups excluding carboxylic acids is 1. The van der Waals surface area contributed by atoms with Crippen LogP contribution in [0.4, 0.5) is 0 Å². The zero-order valence-corrected chi connectivity index (χ0v) is 10.8. The van der Waals surface area contributed by atoms with Gasteiger partial charge in [0.25, 0.3) is 0 Å². The van der Waals surface area contributed by atoms with Crippen LogP contribution in [0.5, 0.6) is 17.2 Å². The van der Waals surface area contributed by atoms with Crippen molar-refractivity contribution in [3.05, 3.63) is 35.7 Å². The summed E-state index contributed by atoms with van der Waals surface area (Å²) in [6.07, 6.45) is 2.02. The van der Waals surface area contributed by atoms with Crippen LogP contribution in [0.2, 0.25) is 0 Å². The van der Waals surface area contributed by atoms with E-state index in [9.17, 15) is 4.79 Å². The van der Waals surface area contributed by atoms with Crippen molar-refractivity contribution in [2.45, 2.75) is 12.3 Å². The predicted molar refractivity (Wildman–Crippen MR) is 67.9 cm³/mol. The van der Waals surface area contributed by atoms with E-state index >= 15 is 0 Å². The topological polar surface area (TPSA) is 62.6 Å². The third kappa shape index (κ3) is 1.57. The van der Waals surface area contributed by atoms with Crippen LogP contribution < -0.4 is 14.2 Å². The van der Waals surface area contributed by atoms with Crippen molar-refractivity contribution in [2.75, 3.05) is 6.79 Å². The lowest BCUT2D eigenvalue weighted by molar-refractivity contribution is -0.135. The third-order valence-corrected chi connectivity index (χ3v) is 3.69. The lowest BCUT2D eigenvalue weighted by atomic mass is 9.89. The van der Waals surface area contributed by atoms with E-state index in [4.69, 9.17) is 14.2 Å². The molecule has 0 saturated carbocycles. The van der Waals surface area contributed by atoms with E-state index in [1.165, 1.54) is 0 Å². The summed E-state index contributed by atoms with van der Waals surface area (Å²) in [4.78, 5) is 11.8.